The van der Waals surface area contributed by atoms with Crippen LogP contribution >= 0.6 is 11.6 Å². The van der Waals surface area contributed by atoms with Gasteiger partial charge in [0.15, 0.2) is 5.82 Å². The average Bonchev–Trinajstić information content (AvgIpc) is 2.68. The lowest BCUT2D eigenvalue weighted by Gasteiger charge is -2.16. The van der Waals surface area contributed by atoms with Crippen molar-refractivity contribution in [2.45, 2.75) is 12.5 Å². The van der Waals surface area contributed by atoms with Crippen LogP contribution in [0.2, 0.25) is 5.02 Å². The highest BCUT2D eigenvalue weighted by Crippen LogP contribution is 2.21. The van der Waals surface area contributed by atoms with E-state index >= 15 is 0 Å². The Balaban J connectivity index is 2.24. The lowest BCUT2D eigenvalue weighted by molar-refractivity contribution is 0.0760. The van der Waals surface area contributed by atoms with Crippen molar-refractivity contribution in [3.05, 3.63) is 34.6 Å². The Labute approximate surface area is 97.4 Å². The number of carbonyl (C=O) groups is 1. The highest BCUT2D eigenvalue weighted by atomic mass is 35.5. The van der Waals surface area contributed by atoms with Crippen LogP contribution in [-0.4, -0.2) is 35.1 Å². The second-order valence-electron chi connectivity index (χ2n) is 3.80. The molecule has 1 aliphatic rings. The molecule has 3 nitrogen and oxygen atoms in total. The third-order valence-corrected chi connectivity index (χ3v) is 2.92. The number of benzene rings is 1. The van der Waals surface area contributed by atoms with E-state index < -0.39 is 17.8 Å². The van der Waals surface area contributed by atoms with Crippen LogP contribution in [0.5, 0.6) is 0 Å². The van der Waals surface area contributed by atoms with Gasteiger partial charge < -0.3 is 10.0 Å². The van der Waals surface area contributed by atoms with Gasteiger partial charge in [0.25, 0.3) is 5.91 Å². The molecular formula is C11H11ClFNO2. The highest BCUT2D eigenvalue weighted by molar-refractivity contribution is 6.31. The number of hydrogen-bond acceptors (Lipinski definition) is 2. The molecule has 1 atom stereocenters. The summed E-state index contributed by atoms with van der Waals surface area (Å²) in [6.45, 7) is 0.705. The minimum absolute atomic E-state index is 0.0402. The zero-order chi connectivity index (χ0) is 11.7. The summed E-state index contributed by atoms with van der Waals surface area (Å²) in [5, 5.41) is 9.24. The van der Waals surface area contributed by atoms with E-state index in [1.807, 2.05) is 0 Å². The predicted molar refractivity (Wildman–Crippen MR) is 57.9 cm³/mol. The Morgan fingerprint density at radius 1 is 1.56 bits per heavy atom. The van der Waals surface area contributed by atoms with Crippen molar-refractivity contribution in [3.63, 3.8) is 0 Å². The van der Waals surface area contributed by atoms with Gasteiger partial charge >= 0.3 is 0 Å². The van der Waals surface area contributed by atoms with Crippen molar-refractivity contribution in [1.29, 1.82) is 0 Å². The molecule has 0 aromatic heterocycles. The normalized spacial score (nSPS) is 20.2. The summed E-state index contributed by atoms with van der Waals surface area (Å²) < 4.78 is 13.6. The molecule has 1 aliphatic heterocycles. The molecule has 0 saturated carbocycles. The number of β-amino-alcohol motifs (C(OH)–C–C–N with tert-alkyl or cyclic N) is 1. The molecule has 1 unspecified atom stereocenters. The number of aliphatic hydroxyl groups is 1. The van der Waals surface area contributed by atoms with Gasteiger partial charge in [-0.15, -0.1) is 0 Å². The average molecular weight is 244 g/mol. The fraction of sp³-hybridized carbons (Fsp3) is 0.364. The van der Waals surface area contributed by atoms with Crippen molar-refractivity contribution in [1.82, 2.24) is 4.90 Å². The Bertz CT molecular complexity index is 424. The molecule has 0 bridgehead atoms. The van der Waals surface area contributed by atoms with Crippen LogP contribution in [0.4, 0.5) is 4.39 Å². The molecule has 0 radical (unpaired) electrons. The summed E-state index contributed by atoms with van der Waals surface area (Å²) in [6.07, 6.45) is 0.0275. The van der Waals surface area contributed by atoms with E-state index in [-0.39, 0.29) is 17.1 Å². The standard InChI is InChI=1S/C11H11ClFNO2/c12-9-3-1-2-8(10(9)13)11(16)14-5-4-7(15)6-14/h1-3,7,15H,4-6H2. The van der Waals surface area contributed by atoms with E-state index in [0.29, 0.717) is 13.0 Å². The summed E-state index contributed by atoms with van der Waals surface area (Å²) in [5.74, 6) is -1.12. The lowest BCUT2D eigenvalue weighted by atomic mass is 10.2. The van der Waals surface area contributed by atoms with Gasteiger partial charge in [0, 0.05) is 13.1 Å². The topological polar surface area (TPSA) is 40.5 Å². The van der Waals surface area contributed by atoms with Crippen molar-refractivity contribution >= 4 is 17.5 Å². The molecule has 16 heavy (non-hydrogen) atoms. The minimum atomic E-state index is -0.699. The Morgan fingerprint density at radius 3 is 2.94 bits per heavy atom. The van der Waals surface area contributed by atoms with Crippen molar-refractivity contribution < 1.29 is 14.3 Å². The van der Waals surface area contributed by atoms with Crippen LogP contribution in [0.1, 0.15) is 16.8 Å². The summed E-state index contributed by atoms with van der Waals surface area (Å²) in [7, 11) is 0. The van der Waals surface area contributed by atoms with Crippen LogP contribution in [-0.2, 0) is 0 Å². The molecule has 86 valence electrons. The molecule has 1 N–H and O–H groups in total. The fourth-order valence-electron chi connectivity index (χ4n) is 1.77. The number of halogens is 2. The number of likely N-dealkylation sites (tertiary alicyclic amines) is 1. The summed E-state index contributed by atoms with van der Waals surface area (Å²) in [6, 6.07) is 4.33. The van der Waals surface area contributed by atoms with Crippen molar-refractivity contribution in [2.24, 2.45) is 0 Å². The monoisotopic (exact) mass is 243 g/mol. The Kier molecular flexibility index (Phi) is 3.12. The van der Waals surface area contributed by atoms with E-state index in [1.54, 1.807) is 0 Å². The van der Waals surface area contributed by atoms with E-state index in [0.717, 1.165) is 0 Å². The zero-order valence-corrected chi connectivity index (χ0v) is 9.25. The van der Waals surface area contributed by atoms with Gasteiger partial charge in [-0.3, -0.25) is 4.79 Å². The van der Waals surface area contributed by atoms with Gasteiger partial charge in [-0.2, -0.15) is 0 Å². The molecule has 1 heterocycles. The molecule has 1 saturated heterocycles. The van der Waals surface area contributed by atoms with Crippen LogP contribution in [0.3, 0.4) is 0 Å². The number of nitrogens with zero attached hydrogens (tertiary/aromatic N) is 1. The minimum Gasteiger partial charge on any atom is -0.391 e. The summed E-state index contributed by atoms with van der Waals surface area (Å²) in [5.41, 5.74) is -0.0402. The number of amides is 1. The smallest absolute Gasteiger partial charge is 0.256 e. The Hall–Kier alpha value is -1.13. The second kappa shape index (κ2) is 4.39. The first-order valence-corrected chi connectivity index (χ1v) is 5.38. The third-order valence-electron chi connectivity index (χ3n) is 2.63. The molecule has 2 rings (SSSR count). The molecule has 1 amide bonds. The van der Waals surface area contributed by atoms with Gasteiger partial charge in [0.2, 0.25) is 0 Å². The maximum Gasteiger partial charge on any atom is 0.256 e. The van der Waals surface area contributed by atoms with E-state index in [2.05, 4.69) is 0 Å². The van der Waals surface area contributed by atoms with Gasteiger partial charge in [-0.05, 0) is 18.6 Å². The molecule has 1 aromatic carbocycles. The molecule has 1 aromatic rings. The largest absolute Gasteiger partial charge is 0.391 e. The number of aliphatic hydroxyl groups excluding tert-OH is 1. The quantitative estimate of drug-likeness (QED) is 0.815. The fourth-order valence-corrected chi connectivity index (χ4v) is 1.94. The highest BCUT2D eigenvalue weighted by Gasteiger charge is 2.27. The number of rotatable bonds is 1. The first-order valence-electron chi connectivity index (χ1n) is 5.01. The first kappa shape index (κ1) is 11.4. The maximum absolute atomic E-state index is 13.6. The molecule has 5 heteroatoms. The van der Waals surface area contributed by atoms with Crippen molar-refractivity contribution in [3.8, 4) is 0 Å². The van der Waals surface area contributed by atoms with Gasteiger partial charge in [-0.1, -0.05) is 17.7 Å². The second-order valence-corrected chi connectivity index (χ2v) is 4.20. The molecule has 0 spiro atoms. The lowest BCUT2D eigenvalue weighted by Crippen LogP contribution is -2.30. The zero-order valence-electron chi connectivity index (χ0n) is 8.49. The predicted octanol–water partition coefficient (Wildman–Crippen LogP) is 1.69. The maximum atomic E-state index is 13.6. The van der Waals surface area contributed by atoms with Crippen molar-refractivity contribution in [2.75, 3.05) is 13.1 Å². The summed E-state index contributed by atoms with van der Waals surface area (Å²) >= 11 is 5.60. The van der Waals surface area contributed by atoms with Crippen LogP contribution in [0, 0.1) is 5.82 Å². The van der Waals surface area contributed by atoms with E-state index in [4.69, 9.17) is 11.6 Å². The van der Waals surface area contributed by atoms with Gasteiger partial charge in [0.1, 0.15) is 0 Å². The first-order chi connectivity index (χ1) is 7.59. The van der Waals surface area contributed by atoms with Crippen LogP contribution < -0.4 is 0 Å². The number of carbonyl (C=O) groups excluding carboxylic acids is 1. The van der Waals surface area contributed by atoms with Crippen LogP contribution in [0.25, 0.3) is 0 Å². The summed E-state index contributed by atoms with van der Waals surface area (Å²) in [4.78, 5) is 13.3. The molecule has 1 fully saturated rings. The molecule has 0 aliphatic carbocycles. The van der Waals surface area contributed by atoms with Crippen LogP contribution in [0.15, 0.2) is 18.2 Å². The van der Waals surface area contributed by atoms with E-state index in [9.17, 15) is 14.3 Å². The third kappa shape index (κ3) is 2.03. The molecular weight excluding hydrogens is 233 g/mol. The number of hydrogen-bond donors (Lipinski definition) is 1. The van der Waals surface area contributed by atoms with E-state index in [1.165, 1.54) is 23.1 Å². The van der Waals surface area contributed by atoms with Gasteiger partial charge in [0.05, 0.1) is 16.7 Å². The Morgan fingerprint density at radius 2 is 2.31 bits per heavy atom. The van der Waals surface area contributed by atoms with Gasteiger partial charge in [-0.25, -0.2) is 4.39 Å². The SMILES string of the molecule is O=C(c1cccc(Cl)c1F)N1CCC(O)C1.